The van der Waals surface area contributed by atoms with Gasteiger partial charge in [0, 0.05) is 5.56 Å². The molecule has 4 heterocycles. The average Bonchev–Trinajstić information content (AvgIpc) is 3.53. The molecule has 1 saturated carbocycles. The van der Waals surface area contributed by atoms with Crippen molar-refractivity contribution in [1.82, 2.24) is 20.0 Å². The van der Waals surface area contributed by atoms with Gasteiger partial charge in [0.1, 0.15) is 11.9 Å². The number of benzene rings is 1. The van der Waals surface area contributed by atoms with Crippen LogP contribution in [0.1, 0.15) is 43.3 Å². The molecule has 1 aromatic carbocycles. The molecule has 2 aromatic rings. The molecular weight excluding hydrogens is 408 g/mol. The second-order valence-electron chi connectivity index (χ2n) is 7.70. The van der Waals surface area contributed by atoms with Crippen molar-refractivity contribution in [2.24, 2.45) is 4.99 Å². The molecule has 0 bridgehead atoms. The molecule has 0 saturated heterocycles. The van der Waals surface area contributed by atoms with Gasteiger partial charge in [-0.25, -0.2) is 19.9 Å². The molecule has 1 fully saturated rings. The van der Waals surface area contributed by atoms with E-state index in [4.69, 9.17) is 16.1 Å². The summed E-state index contributed by atoms with van der Waals surface area (Å²) in [7, 11) is 0. The van der Waals surface area contributed by atoms with E-state index < -0.39 is 11.2 Å². The minimum atomic E-state index is -1.08. The zero-order chi connectivity index (χ0) is 20.5. The van der Waals surface area contributed by atoms with E-state index in [2.05, 4.69) is 21.3 Å². The number of aliphatic hydroxyl groups is 1. The van der Waals surface area contributed by atoms with Crippen LogP contribution in [0.15, 0.2) is 45.8 Å². The lowest BCUT2D eigenvalue weighted by atomic mass is 10.0. The van der Waals surface area contributed by atoms with Crippen molar-refractivity contribution < 1.29 is 9.63 Å². The molecule has 0 radical (unpaired) electrons. The molecule has 1 aliphatic carbocycles. The van der Waals surface area contributed by atoms with Crippen molar-refractivity contribution in [3.63, 3.8) is 0 Å². The van der Waals surface area contributed by atoms with Gasteiger partial charge in [-0.05, 0) is 36.9 Å². The molecule has 1 unspecified atom stereocenters. The van der Waals surface area contributed by atoms with Crippen LogP contribution in [0.4, 0.5) is 11.6 Å². The van der Waals surface area contributed by atoms with E-state index in [-0.39, 0.29) is 18.0 Å². The number of hydrogen-bond donors (Lipinski definition) is 1. The monoisotopic (exact) mass is 424 g/mol. The van der Waals surface area contributed by atoms with Crippen molar-refractivity contribution in [3.8, 4) is 6.19 Å². The minimum absolute atomic E-state index is 0.218. The van der Waals surface area contributed by atoms with E-state index >= 15 is 0 Å². The van der Waals surface area contributed by atoms with Crippen molar-refractivity contribution in [2.45, 2.75) is 43.1 Å². The van der Waals surface area contributed by atoms with Gasteiger partial charge in [0.25, 0.3) is 11.8 Å². The quantitative estimate of drug-likeness (QED) is 0.441. The number of fused-ring (bicyclic) bond motifs is 6. The Bertz CT molecular complexity index is 1120. The summed E-state index contributed by atoms with van der Waals surface area (Å²) < 4.78 is 5.42. The Balaban J connectivity index is 1.43. The highest BCUT2D eigenvalue weighted by Crippen LogP contribution is 2.48. The third-order valence-electron chi connectivity index (χ3n) is 6.00. The van der Waals surface area contributed by atoms with Gasteiger partial charge in [-0.3, -0.25) is 4.90 Å². The molecule has 152 valence electrons. The number of nitriles is 1. The van der Waals surface area contributed by atoms with E-state index in [0.29, 0.717) is 18.7 Å². The Kier molecular flexibility index (Phi) is 3.57. The number of hydrazine groups is 1. The molecule has 0 amide bonds. The molecule has 4 aliphatic rings. The topological polar surface area (TPSA) is 108 Å². The maximum absolute atomic E-state index is 10.8. The summed E-state index contributed by atoms with van der Waals surface area (Å²) >= 11 is 6.58. The number of aliphatic imine (C=N–C) groups is 1. The summed E-state index contributed by atoms with van der Waals surface area (Å²) in [4.78, 5) is 12.4. The smallest absolute Gasteiger partial charge is 0.290 e. The van der Waals surface area contributed by atoms with Crippen molar-refractivity contribution in [3.05, 3.63) is 47.7 Å². The summed E-state index contributed by atoms with van der Waals surface area (Å²) in [6, 6.07) is 7.80. The fraction of sp³-hybridized carbons (Fsp3) is 0.368. The van der Waals surface area contributed by atoms with Gasteiger partial charge >= 0.3 is 0 Å². The minimum Gasteiger partial charge on any atom is -0.380 e. The van der Waals surface area contributed by atoms with E-state index in [9.17, 15) is 10.4 Å². The highest BCUT2D eigenvalue weighted by atomic mass is 35.5. The average molecular weight is 425 g/mol. The number of para-hydroxylation sites is 1. The van der Waals surface area contributed by atoms with E-state index in [1.165, 1.54) is 4.90 Å². The normalized spacial score (nSPS) is 25.8. The Morgan fingerprint density at radius 2 is 2.07 bits per heavy atom. The second kappa shape index (κ2) is 6.10. The third kappa shape index (κ3) is 2.24. The molecular formula is C19H17ClN8O2. The molecule has 30 heavy (non-hydrogen) atoms. The first-order valence-electron chi connectivity index (χ1n) is 9.71. The van der Waals surface area contributed by atoms with E-state index in [1.807, 2.05) is 34.2 Å². The summed E-state index contributed by atoms with van der Waals surface area (Å²) in [6.07, 6.45) is 8.09. The number of halogens is 1. The number of alkyl halides is 1. The van der Waals surface area contributed by atoms with Crippen LogP contribution in [0.25, 0.3) is 0 Å². The highest BCUT2D eigenvalue weighted by Gasteiger charge is 2.48. The fourth-order valence-corrected chi connectivity index (χ4v) is 4.83. The van der Waals surface area contributed by atoms with Crippen LogP contribution in [0.3, 0.4) is 0 Å². The van der Waals surface area contributed by atoms with Crippen LogP contribution in [-0.2, 0) is 5.60 Å². The predicted octanol–water partition coefficient (Wildman–Crippen LogP) is 2.53. The number of nitrogens with zero attached hydrogens (tertiary/aromatic N) is 8. The fourth-order valence-electron chi connectivity index (χ4n) is 4.52. The largest absolute Gasteiger partial charge is 0.380 e. The van der Waals surface area contributed by atoms with Crippen molar-refractivity contribution in [1.29, 1.82) is 5.26 Å². The third-order valence-corrected chi connectivity index (χ3v) is 6.40. The van der Waals surface area contributed by atoms with Crippen molar-refractivity contribution >= 4 is 29.6 Å². The van der Waals surface area contributed by atoms with Crippen LogP contribution in [0.5, 0.6) is 0 Å². The van der Waals surface area contributed by atoms with Crippen LogP contribution >= 0.6 is 11.6 Å². The van der Waals surface area contributed by atoms with Crippen molar-refractivity contribution in [2.75, 3.05) is 9.91 Å². The SMILES string of the molecule is N#CN1C=C2N(c3ccccc3C3N=CN(c4noc(C5(O)CCCC5)n4)N23)[C@@H]1Cl. The Hall–Kier alpha value is -3.29. The maximum atomic E-state index is 10.8. The molecule has 11 heteroatoms. The number of anilines is 2. The van der Waals surface area contributed by atoms with Gasteiger partial charge in [-0.1, -0.05) is 29.8 Å². The lowest BCUT2D eigenvalue weighted by molar-refractivity contribution is 0.0112. The zero-order valence-corrected chi connectivity index (χ0v) is 16.5. The van der Waals surface area contributed by atoms with Crippen LogP contribution in [0.2, 0.25) is 0 Å². The standard InChI is InChI=1S/C19H17ClN8O2/c20-17-25(10-21)9-14-27(17)13-6-2-1-5-12(13)15-22-11-26(28(14)15)18-23-16(30-24-18)19(29)7-3-4-8-19/h1-2,5-6,9,11,15,17,29H,3-4,7-8H2/t15?,17-/m1/s1. The highest BCUT2D eigenvalue weighted by molar-refractivity contribution is 6.22. The predicted molar refractivity (Wildman–Crippen MR) is 106 cm³/mol. The lowest BCUT2D eigenvalue weighted by Gasteiger charge is -2.42. The molecule has 6 rings (SSSR count). The first kappa shape index (κ1) is 17.6. The van der Waals surface area contributed by atoms with Crippen LogP contribution in [-0.4, -0.2) is 37.1 Å². The summed E-state index contributed by atoms with van der Waals surface area (Å²) in [6.45, 7) is 0. The molecule has 2 atom stereocenters. The van der Waals surface area contributed by atoms with Gasteiger partial charge in [0.15, 0.2) is 23.8 Å². The van der Waals surface area contributed by atoms with Gasteiger partial charge in [0.2, 0.25) is 0 Å². The Morgan fingerprint density at radius 1 is 1.27 bits per heavy atom. The molecule has 3 aliphatic heterocycles. The maximum Gasteiger partial charge on any atom is 0.290 e. The lowest BCUT2D eigenvalue weighted by Crippen LogP contribution is -2.48. The molecule has 1 N–H and O–H groups in total. The Morgan fingerprint density at radius 3 is 2.87 bits per heavy atom. The second-order valence-corrected chi connectivity index (χ2v) is 8.09. The molecule has 0 spiro atoms. The van der Waals surface area contributed by atoms with E-state index in [1.54, 1.807) is 17.5 Å². The van der Waals surface area contributed by atoms with Gasteiger partial charge < -0.3 is 9.63 Å². The first-order chi connectivity index (χ1) is 14.6. The first-order valence-corrected chi connectivity index (χ1v) is 10.1. The van der Waals surface area contributed by atoms with Crippen LogP contribution < -0.4 is 9.91 Å². The number of hydrogen-bond acceptors (Lipinski definition) is 10. The summed E-state index contributed by atoms with van der Waals surface area (Å²) in [5, 5.41) is 27.9. The number of rotatable bonds is 2. The zero-order valence-electron chi connectivity index (χ0n) is 15.8. The van der Waals surface area contributed by atoms with Crippen LogP contribution in [0, 0.1) is 11.5 Å². The molecule has 1 aromatic heterocycles. The summed E-state index contributed by atoms with van der Waals surface area (Å²) in [5.74, 6) is 1.15. The Labute approximate surface area is 176 Å². The van der Waals surface area contributed by atoms with Gasteiger partial charge in [-0.15, -0.1) is 0 Å². The van der Waals surface area contributed by atoms with Gasteiger partial charge in [0.05, 0.1) is 11.9 Å². The number of aromatic nitrogens is 2. The van der Waals surface area contributed by atoms with E-state index in [0.717, 1.165) is 24.1 Å². The molecule has 10 nitrogen and oxygen atoms in total. The van der Waals surface area contributed by atoms with Gasteiger partial charge in [-0.2, -0.15) is 10.2 Å². The summed E-state index contributed by atoms with van der Waals surface area (Å²) in [5.41, 5.74) is 0.0513.